The van der Waals surface area contributed by atoms with Crippen molar-refractivity contribution in [2.24, 2.45) is 0 Å². The van der Waals surface area contributed by atoms with Gasteiger partial charge in [0.1, 0.15) is 5.00 Å². The predicted molar refractivity (Wildman–Crippen MR) is 113 cm³/mol. The van der Waals surface area contributed by atoms with Gasteiger partial charge in [0.25, 0.3) is 0 Å². The van der Waals surface area contributed by atoms with Gasteiger partial charge in [-0.2, -0.15) is 0 Å². The lowest BCUT2D eigenvalue weighted by atomic mass is 10.0. The zero-order valence-corrected chi connectivity index (χ0v) is 18.1. The number of thiophene rings is 1. The van der Waals surface area contributed by atoms with E-state index in [0.717, 1.165) is 21.6 Å². The third kappa shape index (κ3) is 4.67. The minimum Gasteiger partial charge on any atom is -0.462 e. The van der Waals surface area contributed by atoms with Gasteiger partial charge in [-0.25, -0.2) is 4.79 Å². The van der Waals surface area contributed by atoms with Gasteiger partial charge in [0.05, 0.1) is 25.1 Å². The van der Waals surface area contributed by atoms with Crippen LogP contribution in [0.25, 0.3) is 0 Å². The maximum absolute atomic E-state index is 12.7. The molecule has 3 rings (SSSR count). The monoisotopic (exact) mass is 414 g/mol. The molecule has 154 valence electrons. The highest BCUT2D eigenvalue weighted by atomic mass is 32.1. The Balaban J connectivity index is 1.85. The Bertz CT molecular complexity index is 964. The van der Waals surface area contributed by atoms with Crippen LogP contribution in [0, 0.1) is 13.8 Å². The van der Waals surface area contributed by atoms with Crippen molar-refractivity contribution in [2.45, 2.75) is 47.1 Å². The number of esters is 1. The lowest BCUT2D eigenvalue weighted by molar-refractivity contribution is -0.129. The Hall–Kier alpha value is -2.67. The van der Waals surface area contributed by atoms with Crippen molar-refractivity contribution in [1.29, 1.82) is 0 Å². The summed E-state index contributed by atoms with van der Waals surface area (Å²) in [5.74, 6) is -0.606. The molecule has 2 aromatic rings. The third-order valence-corrected chi connectivity index (χ3v) is 6.30. The molecule has 1 aliphatic heterocycles. The molecule has 1 N–H and O–H groups in total. The van der Waals surface area contributed by atoms with E-state index in [1.165, 1.54) is 23.8 Å². The van der Waals surface area contributed by atoms with E-state index in [-0.39, 0.29) is 24.8 Å². The number of carbonyl (C=O) groups excluding carboxylic acids is 3. The van der Waals surface area contributed by atoms with E-state index in [0.29, 0.717) is 30.1 Å². The number of hydrogen-bond acceptors (Lipinski definition) is 5. The van der Waals surface area contributed by atoms with Crippen molar-refractivity contribution in [3.63, 3.8) is 0 Å². The first kappa shape index (κ1) is 21.0. The van der Waals surface area contributed by atoms with Crippen LogP contribution in [-0.2, 0) is 33.7 Å². The second-order valence-electron chi connectivity index (χ2n) is 7.26. The summed E-state index contributed by atoms with van der Waals surface area (Å²) in [6.07, 6.45) is 0.804. The lowest BCUT2D eigenvalue weighted by Crippen LogP contribution is -2.34. The summed E-state index contributed by atoms with van der Waals surface area (Å²) >= 11 is 1.36. The van der Waals surface area contributed by atoms with Crippen molar-refractivity contribution in [2.75, 3.05) is 18.5 Å². The second-order valence-corrected chi connectivity index (χ2v) is 8.37. The van der Waals surface area contributed by atoms with E-state index in [2.05, 4.69) is 5.32 Å². The topological polar surface area (TPSA) is 75.7 Å². The second kappa shape index (κ2) is 8.78. The molecule has 1 aliphatic rings. The minimum atomic E-state index is -0.428. The summed E-state index contributed by atoms with van der Waals surface area (Å²) in [4.78, 5) is 39.7. The Kier molecular flexibility index (Phi) is 6.37. The van der Waals surface area contributed by atoms with Gasteiger partial charge in [0, 0.05) is 18.3 Å². The van der Waals surface area contributed by atoms with Crippen molar-refractivity contribution < 1.29 is 19.1 Å². The van der Waals surface area contributed by atoms with Crippen molar-refractivity contribution in [3.8, 4) is 0 Å². The van der Waals surface area contributed by atoms with Crippen LogP contribution >= 0.6 is 11.3 Å². The zero-order chi connectivity index (χ0) is 21.1. The average Bonchev–Trinajstić information content (AvgIpc) is 3.01. The van der Waals surface area contributed by atoms with Crippen molar-refractivity contribution >= 4 is 34.1 Å². The van der Waals surface area contributed by atoms with Crippen molar-refractivity contribution in [1.82, 2.24) is 4.90 Å². The highest BCUT2D eigenvalue weighted by molar-refractivity contribution is 7.17. The molecule has 0 fully saturated rings. The smallest absolute Gasteiger partial charge is 0.341 e. The Morgan fingerprint density at radius 1 is 1.21 bits per heavy atom. The number of nitrogens with zero attached hydrogens (tertiary/aromatic N) is 1. The van der Waals surface area contributed by atoms with Crippen LogP contribution in [-0.4, -0.2) is 35.8 Å². The Morgan fingerprint density at radius 2 is 1.97 bits per heavy atom. The molecule has 0 atom stereocenters. The predicted octanol–water partition coefficient (Wildman–Crippen LogP) is 3.63. The highest BCUT2D eigenvalue weighted by Gasteiger charge is 2.30. The number of hydrogen-bond donors (Lipinski definition) is 1. The third-order valence-electron chi connectivity index (χ3n) is 5.17. The molecule has 0 saturated heterocycles. The molecule has 0 saturated carbocycles. The van der Waals surface area contributed by atoms with Gasteiger partial charge in [-0.15, -0.1) is 11.3 Å². The van der Waals surface area contributed by atoms with Crippen LogP contribution < -0.4 is 5.32 Å². The van der Waals surface area contributed by atoms with Crippen LogP contribution in [0.4, 0.5) is 5.00 Å². The van der Waals surface area contributed by atoms with Gasteiger partial charge >= 0.3 is 5.97 Å². The van der Waals surface area contributed by atoms with Crippen molar-refractivity contribution in [3.05, 3.63) is 50.9 Å². The number of benzene rings is 1. The molecular formula is C22H26N2O4S. The van der Waals surface area contributed by atoms with Crippen LogP contribution in [0.15, 0.2) is 18.2 Å². The summed E-state index contributed by atoms with van der Waals surface area (Å²) in [6, 6.07) is 5.95. The Labute approximate surface area is 174 Å². The molecule has 7 heteroatoms. The SMILES string of the molecule is CCOC(=O)c1c(NC(=O)Cc2ccc(C)c(C)c2)sc2c1CCN(C(C)=O)C2. The van der Waals surface area contributed by atoms with Crippen LogP contribution in [0.3, 0.4) is 0 Å². The normalized spacial score (nSPS) is 13.0. The highest BCUT2D eigenvalue weighted by Crippen LogP contribution is 2.37. The number of nitrogens with one attached hydrogen (secondary N) is 1. The summed E-state index contributed by atoms with van der Waals surface area (Å²) in [7, 11) is 0. The molecule has 2 heterocycles. The molecule has 0 unspecified atom stereocenters. The summed E-state index contributed by atoms with van der Waals surface area (Å²) in [5, 5.41) is 3.42. The number of amides is 2. The molecule has 0 radical (unpaired) electrons. The quantitative estimate of drug-likeness (QED) is 0.758. The molecule has 1 aromatic heterocycles. The van der Waals surface area contributed by atoms with Gasteiger partial charge in [-0.3, -0.25) is 9.59 Å². The number of aryl methyl sites for hydroxylation is 2. The fraction of sp³-hybridized carbons (Fsp3) is 0.409. The first-order chi connectivity index (χ1) is 13.8. The number of ether oxygens (including phenoxy) is 1. The molecule has 1 aromatic carbocycles. The van der Waals surface area contributed by atoms with Crippen LogP contribution in [0.2, 0.25) is 0 Å². The van der Waals surface area contributed by atoms with Crippen LogP contribution in [0.5, 0.6) is 0 Å². The van der Waals surface area contributed by atoms with E-state index < -0.39 is 5.97 Å². The zero-order valence-electron chi connectivity index (χ0n) is 17.3. The van der Waals surface area contributed by atoms with Gasteiger partial charge in [0.15, 0.2) is 0 Å². The van der Waals surface area contributed by atoms with Crippen LogP contribution in [0.1, 0.15) is 51.3 Å². The van der Waals surface area contributed by atoms with Gasteiger partial charge < -0.3 is 15.0 Å². The molecule has 29 heavy (non-hydrogen) atoms. The van der Waals surface area contributed by atoms with E-state index in [4.69, 9.17) is 4.74 Å². The lowest BCUT2D eigenvalue weighted by Gasteiger charge is -2.25. The largest absolute Gasteiger partial charge is 0.462 e. The number of rotatable bonds is 5. The number of fused-ring (bicyclic) bond motifs is 1. The maximum Gasteiger partial charge on any atom is 0.341 e. The van der Waals surface area contributed by atoms with E-state index in [1.54, 1.807) is 11.8 Å². The summed E-state index contributed by atoms with van der Waals surface area (Å²) in [5.41, 5.74) is 4.56. The van der Waals surface area contributed by atoms with Gasteiger partial charge in [-0.1, -0.05) is 18.2 Å². The molecule has 0 aliphatic carbocycles. The molecule has 2 amide bonds. The van der Waals surface area contributed by atoms with E-state index >= 15 is 0 Å². The molecule has 0 bridgehead atoms. The molecular weight excluding hydrogens is 388 g/mol. The summed E-state index contributed by atoms with van der Waals surface area (Å²) in [6.45, 7) is 8.62. The first-order valence-corrected chi connectivity index (χ1v) is 10.5. The van der Waals surface area contributed by atoms with E-state index in [1.807, 2.05) is 32.0 Å². The number of carbonyl (C=O) groups is 3. The molecule has 0 spiro atoms. The minimum absolute atomic E-state index is 0.00191. The summed E-state index contributed by atoms with van der Waals surface area (Å²) < 4.78 is 5.23. The van der Waals surface area contributed by atoms with E-state index in [9.17, 15) is 14.4 Å². The Morgan fingerprint density at radius 3 is 2.62 bits per heavy atom. The van der Waals surface area contributed by atoms with Gasteiger partial charge in [-0.05, 0) is 49.4 Å². The fourth-order valence-electron chi connectivity index (χ4n) is 3.45. The maximum atomic E-state index is 12.7. The fourth-order valence-corrected chi connectivity index (χ4v) is 4.72. The average molecular weight is 415 g/mol. The van der Waals surface area contributed by atoms with Gasteiger partial charge in [0.2, 0.25) is 11.8 Å². The molecule has 6 nitrogen and oxygen atoms in total. The standard InChI is InChI=1S/C22H26N2O4S/c1-5-28-22(27)20-17-8-9-24(15(4)25)12-18(17)29-21(20)23-19(26)11-16-7-6-13(2)14(3)10-16/h6-7,10H,5,8-9,11-12H2,1-4H3,(H,23,26). The first-order valence-electron chi connectivity index (χ1n) is 9.73. The number of anilines is 1.